The molecule has 0 radical (unpaired) electrons. The molecule has 0 saturated carbocycles. The number of hydrogen-bond donors (Lipinski definition) is 2. The monoisotopic (exact) mass is 396 g/mol. The number of likely N-dealkylation sites (tertiary alicyclic amines) is 1. The molecule has 0 aliphatic carbocycles. The number of hydrogen-bond acceptors (Lipinski definition) is 4. The minimum absolute atomic E-state index is 0.111. The maximum absolute atomic E-state index is 12.5. The Bertz CT molecular complexity index is 799. The SMILES string of the molecule is CN(Cc1cc(Cl)cc(Cl)c1)C(=O)Nc1n[nH]nc1C(=O)N1CCCC1. The number of amides is 3. The second kappa shape index (κ2) is 7.92. The van der Waals surface area contributed by atoms with E-state index in [1.54, 1.807) is 30.1 Å². The topological polar surface area (TPSA) is 94.2 Å². The van der Waals surface area contributed by atoms with Crippen LogP contribution in [0.1, 0.15) is 28.9 Å². The summed E-state index contributed by atoms with van der Waals surface area (Å²) < 4.78 is 0. The van der Waals surface area contributed by atoms with Crippen LogP contribution in [0.15, 0.2) is 18.2 Å². The lowest BCUT2D eigenvalue weighted by molar-refractivity contribution is 0.0788. The van der Waals surface area contributed by atoms with Gasteiger partial charge in [-0.25, -0.2) is 4.79 Å². The van der Waals surface area contributed by atoms with E-state index >= 15 is 0 Å². The highest BCUT2D eigenvalue weighted by Gasteiger charge is 2.26. The first-order chi connectivity index (χ1) is 12.4. The first kappa shape index (κ1) is 18.5. The van der Waals surface area contributed by atoms with Gasteiger partial charge in [0.2, 0.25) is 0 Å². The van der Waals surface area contributed by atoms with Gasteiger partial charge in [-0.05, 0) is 36.6 Å². The Hall–Kier alpha value is -2.32. The number of nitrogens with zero attached hydrogens (tertiary/aromatic N) is 4. The fraction of sp³-hybridized carbons (Fsp3) is 0.375. The fourth-order valence-corrected chi connectivity index (χ4v) is 3.35. The van der Waals surface area contributed by atoms with Crippen molar-refractivity contribution in [2.24, 2.45) is 0 Å². The van der Waals surface area contributed by atoms with Crippen LogP contribution in [0.3, 0.4) is 0 Å². The Morgan fingerprint density at radius 3 is 2.50 bits per heavy atom. The molecule has 1 aliphatic rings. The van der Waals surface area contributed by atoms with Crippen molar-refractivity contribution in [3.8, 4) is 0 Å². The van der Waals surface area contributed by atoms with Crippen LogP contribution in [-0.2, 0) is 6.54 Å². The Balaban J connectivity index is 1.66. The molecule has 1 saturated heterocycles. The van der Waals surface area contributed by atoms with Crippen molar-refractivity contribution in [2.75, 3.05) is 25.5 Å². The number of carbonyl (C=O) groups excluding carboxylic acids is 2. The number of nitrogens with one attached hydrogen (secondary N) is 2. The van der Waals surface area contributed by atoms with E-state index in [4.69, 9.17) is 23.2 Å². The molecule has 8 nitrogen and oxygen atoms in total. The second-order valence-electron chi connectivity index (χ2n) is 6.08. The number of anilines is 1. The third kappa shape index (κ3) is 4.25. The molecule has 138 valence electrons. The summed E-state index contributed by atoms with van der Waals surface area (Å²) in [6.07, 6.45) is 1.94. The average molecular weight is 397 g/mol. The molecule has 26 heavy (non-hydrogen) atoms. The molecular formula is C16H18Cl2N6O2. The molecule has 0 bridgehead atoms. The van der Waals surface area contributed by atoms with Crippen LogP contribution in [0, 0.1) is 0 Å². The average Bonchev–Trinajstić information content (AvgIpc) is 3.25. The van der Waals surface area contributed by atoms with Gasteiger partial charge in [0.15, 0.2) is 11.5 Å². The molecule has 10 heteroatoms. The summed E-state index contributed by atoms with van der Waals surface area (Å²) in [4.78, 5) is 28.0. The number of H-pyrrole nitrogens is 1. The minimum Gasteiger partial charge on any atom is -0.337 e. The number of urea groups is 1. The molecule has 2 aromatic rings. The number of aromatic amines is 1. The van der Waals surface area contributed by atoms with E-state index in [1.165, 1.54) is 4.90 Å². The van der Waals surface area contributed by atoms with Crippen molar-refractivity contribution in [1.29, 1.82) is 0 Å². The van der Waals surface area contributed by atoms with Crippen LogP contribution in [0.4, 0.5) is 10.6 Å². The van der Waals surface area contributed by atoms with Gasteiger partial charge in [-0.3, -0.25) is 10.1 Å². The van der Waals surface area contributed by atoms with Gasteiger partial charge in [0.05, 0.1) is 0 Å². The van der Waals surface area contributed by atoms with Gasteiger partial charge in [0, 0.05) is 36.7 Å². The summed E-state index contributed by atoms with van der Waals surface area (Å²) in [5.74, 6) is -0.126. The van der Waals surface area contributed by atoms with Crippen LogP contribution in [0.25, 0.3) is 0 Å². The van der Waals surface area contributed by atoms with E-state index in [1.807, 2.05) is 0 Å². The number of aromatic nitrogens is 3. The maximum Gasteiger partial charge on any atom is 0.323 e. The van der Waals surface area contributed by atoms with Gasteiger partial charge in [-0.1, -0.05) is 23.2 Å². The van der Waals surface area contributed by atoms with Gasteiger partial charge in [0.25, 0.3) is 5.91 Å². The summed E-state index contributed by atoms with van der Waals surface area (Å²) in [5, 5.41) is 13.8. The second-order valence-corrected chi connectivity index (χ2v) is 6.96. The summed E-state index contributed by atoms with van der Waals surface area (Å²) in [7, 11) is 1.62. The van der Waals surface area contributed by atoms with Crippen molar-refractivity contribution >= 4 is 41.0 Å². The smallest absolute Gasteiger partial charge is 0.323 e. The molecule has 0 spiro atoms. The summed E-state index contributed by atoms with van der Waals surface area (Å²) in [6.45, 7) is 1.67. The third-order valence-electron chi connectivity index (χ3n) is 4.06. The van der Waals surface area contributed by atoms with Gasteiger partial charge in [0.1, 0.15) is 0 Å². The zero-order chi connectivity index (χ0) is 18.7. The molecule has 0 atom stereocenters. The standard InChI is InChI=1S/C16H18Cl2N6O2/c1-23(9-10-6-11(17)8-12(18)7-10)16(26)19-14-13(20-22-21-14)15(25)24-4-2-3-5-24/h6-8H,2-5,9H2,1H3,(H2,19,20,21,22,26). The highest BCUT2D eigenvalue weighted by atomic mass is 35.5. The Morgan fingerprint density at radius 2 is 1.85 bits per heavy atom. The predicted molar refractivity (Wildman–Crippen MR) is 98.5 cm³/mol. The molecule has 2 heterocycles. The van der Waals surface area contributed by atoms with Crippen LogP contribution >= 0.6 is 23.2 Å². The molecule has 3 amide bonds. The predicted octanol–water partition coefficient (Wildman–Crippen LogP) is 3.01. The molecular weight excluding hydrogens is 379 g/mol. The highest BCUT2D eigenvalue weighted by molar-refractivity contribution is 6.34. The zero-order valence-corrected chi connectivity index (χ0v) is 15.6. The quantitative estimate of drug-likeness (QED) is 0.829. The van der Waals surface area contributed by atoms with Crippen molar-refractivity contribution in [2.45, 2.75) is 19.4 Å². The summed E-state index contributed by atoms with van der Waals surface area (Å²) >= 11 is 12.0. The van der Waals surface area contributed by atoms with Gasteiger partial charge in [-0.15, -0.1) is 10.2 Å². The fourth-order valence-electron chi connectivity index (χ4n) is 2.78. The van der Waals surface area contributed by atoms with E-state index in [-0.39, 0.29) is 17.4 Å². The Labute approximate surface area is 160 Å². The van der Waals surface area contributed by atoms with Crippen molar-refractivity contribution < 1.29 is 9.59 Å². The van der Waals surface area contributed by atoms with Crippen molar-refractivity contribution in [3.05, 3.63) is 39.5 Å². The third-order valence-corrected chi connectivity index (χ3v) is 4.49. The number of benzene rings is 1. The first-order valence-electron chi connectivity index (χ1n) is 8.11. The normalized spacial score (nSPS) is 13.7. The van der Waals surface area contributed by atoms with E-state index in [2.05, 4.69) is 20.7 Å². The molecule has 1 fully saturated rings. The number of halogens is 2. The number of carbonyl (C=O) groups is 2. The Kier molecular flexibility index (Phi) is 5.63. The van der Waals surface area contributed by atoms with Gasteiger partial charge in [-0.2, -0.15) is 5.21 Å². The maximum atomic E-state index is 12.5. The lowest BCUT2D eigenvalue weighted by Crippen LogP contribution is -2.33. The Morgan fingerprint density at radius 1 is 1.19 bits per heavy atom. The molecule has 1 aromatic heterocycles. The van der Waals surface area contributed by atoms with E-state index < -0.39 is 6.03 Å². The lowest BCUT2D eigenvalue weighted by Gasteiger charge is -2.18. The molecule has 1 aliphatic heterocycles. The highest BCUT2D eigenvalue weighted by Crippen LogP contribution is 2.20. The van der Waals surface area contributed by atoms with Crippen molar-refractivity contribution in [3.63, 3.8) is 0 Å². The first-order valence-corrected chi connectivity index (χ1v) is 8.87. The largest absolute Gasteiger partial charge is 0.337 e. The van der Waals surface area contributed by atoms with Crippen LogP contribution in [0.5, 0.6) is 0 Å². The summed E-state index contributed by atoms with van der Waals surface area (Å²) in [5.41, 5.74) is 0.896. The van der Waals surface area contributed by atoms with Gasteiger partial charge >= 0.3 is 6.03 Å². The zero-order valence-electron chi connectivity index (χ0n) is 14.1. The van der Waals surface area contributed by atoms with Crippen molar-refractivity contribution in [1.82, 2.24) is 25.2 Å². The summed E-state index contributed by atoms with van der Waals surface area (Å²) in [6, 6.07) is 4.66. The van der Waals surface area contributed by atoms with Crippen LogP contribution < -0.4 is 5.32 Å². The van der Waals surface area contributed by atoms with E-state index in [0.29, 0.717) is 29.7 Å². The molecule has 3 rings (SSSR count). The van der Waals surface area contributed by atoms with Crippen LogP contribution in [0.2, 0.25) is 10.0 Å². The molecule has 2 N–H and O–H groups in total. The lowest BCUT2D eigenvalue weighted by atomic mass is 10.2. The number of rotatable bonds is 4. The van der Waals surface area contributed by atoms with E-state index in [9.17, 15) is 9.59 Å². The molecule has 0 unspecified atom stereocenters. The van der Waals surface area contributed by atoms with E-state index in [0.717, 1.165) is 18.4 Å². The minimum atomic E-state index is -0.425. The van der Waals surface area contributed by atoms with Crippen LogP contribution in [-0.4, -0.2) is 57.3 Å². The molecule has 1 aromatic carbocycles. The van der Waals surface area contributed by atoms with Gasteiger partial charge < -0.3 is 9.80 Å².